The van der Waals surface area contributed by atoms with Crippen LogP contribution < -0.4 is 15.2 Å². The highest BCUT2D eigenvalue weighted by Crippen LogP contribution is 2.41. The Bertz CT molecular complexity index is 542. The lowest BCUT2D eigenvalue weighted by Gasteiger charge is -2.29. The number of nitrogens with two attached hydrogens (primary N) is 1. The van der Waals surface area contributed by atoms with Crippen LogP contribution in [-0.2, 0) is 0 Å². The van der Waals surface area contributed by atoms with Crippen molar-refractivity contribution in [3.05, 3.63) is 40.3 Å². The molecule has 0 saturated carbocycles. The second-order valence-corrected chi connectivity index (χ2v) is 5.17. The average Bonchev–Trinajstić information content (AvgIpc) is 2.91. The fourth-order valence-electron chi connectivity index (χ4n) is 2.17. The minimum Gasteiger partial charge on any atom is -0.497 e. The van der Waals surface area contributed by atoms with Crippen molar-refractivity contribution in [1.29, 1.82) is 0 Å². The van der Waals surface area contributed by atoms with Gasteiger partial charge in [-0.2, -0.15) is 0 Å². The number of hydrogen-bond donors (Lipinski definition) is 1. The summed E-state index contributed by atoms with van der Waals surface area (Å²) in [6.45, 7) is 0. The predicted octanol–water partition coefficient (Wildman–Crippen LogP) is 2.68. The van der Waals surface area contributed by atoms with Crippen LogP contribution in [0.1, 0.15) is 29.0 Å². The van der Waals surface area contributed by atoms with Crippen LogP contribution in [0.5, 0.6) is 11.5 Å². The molecule has 2 aromatic rings. The van der Waals surface area contributed by atoms with Crippen LogP contribution in [0.15, 0.2) is 29.9 Å². The van der Waals surface area contributed by atoms with Crippen molar-refractivity contribution in [3.8, 4) is 11.5 Å². The van der Waals surface area contributed by atoms with Crippen LogP contribution in [0.2, 0.25) is 0 Å². The van der Waals surface area contributed by atoms with Gasteiger partial charge in [0.1, 0.15) is 17.6 Å². The van der Waals surface area contributed by atoms with E-state index in [1.165, 1.54) is 0 Å². The number of nitrogens with zero attached hydrogens (tertiary/aromatic N) is 1. The van der Waals surface area contributed by atoms with Gasteiger partial charge in [0.05, 0.1) is 17.5 Å². The van der Waals surface area contributed by atoms with E-state index in [2.05, 4.69) is 4.98 Å². The van der Waals surface area contributed by atoms with Gasteiger partial charge in [-0.1, -0.05) is 6.07 Å². The average molecular weight is 262 g/mol. The molecule has 1 aliphatic heterocycles. The number of methoxy groups -OCH3 is 1. The Morgan fingerprint density at radius 2 is 2.39 bits per heavy atom. The maximum atomic E-state index is 6.20. The molecule has 2 atom stereocenters. The predicted molar refractivity (Wildman–Crippen MR) is 70.0 cm³/mol. The Morgan fingerprint density at radius 3 is 3.11 bits per heavy atom. The van der Waals surface area contributed by atoms with E-state index in [0.29, 0.717) is 0 Å². The summed E-state index contributed by atoms with van der Waals surface area (Å²) in [6, 6.07) is 5.77. The lowest BCUT2D eigenvalue weighted by Crippen LogP contribution is -2.23. The number of thiazole rings is 1. The van der Waals surface area contributed by atoms with Crippen molar-refractivity contribution in [3.63, 3.8) is 0 Å². The van der Waals surface area contributed by atoms with Gasteiger partial charge >= 0.3 is 0 Å². The van der Waals surface area contributed by atoms with Gasteiger partial charge in [-0.15, -0.1) is 11.3 Å². The molecule has 1 aromatic heterocycles. The third kappa shape index (κ3) is 1.95. The molecule has 94 valence electrons. The van der Waals surface area contributed by atoms with Crippen LogP contribution in [0.4, 0.5) is 0 Å². The second kappa shape index (κ2) is 4.59. The minimum atomic E-state index is -0.00763. The highest BCUT2D eigenvalue weighted by Gasteiger charge is 2.28. The number of aromatic nitrogens is 1. The van der Waals surface area contributed by atoms with Crippen LogP contribution in [-0.4, -0.2) is 12.1 Å². The lowest BCUT2D eigenvalue weighted by atomic mass is 9.96. The first-order valence-electron chi connectivity index (χ1n) is 5.76. The van der Waals surface area contributed by atoms with E-state index in [4.69, 9.17) is 15.2 Å². The molecule has 4 nitrogen and oxygen atoms in total. The Kier molecular flexibility index (Phi) is 2.93. The lowest BCUT2D eigenvalue weighted by molar-refractivity contribution is 0.164. The number of ether oxygens (including phenoxy) is 2. The third-order valence-corrected chi connectivity index (χ3v) is 3.99. The zero-order chi connectivity index (χ0) is 12.5. The first kappa shape index (κ1) is 11.5. The highest BCUT2D eigenvalue weighted by atomic mass is 32.1. The van der Waals surface area contributed by atoms with Crippen molar-refractivity contribution < 1.29 is 9.47 Å². The fraction of sp³-hybridized carbons (Fsp3) is 0.308. The van der Waals surface area contributed by atoms with E-state index in [1.807, 2.05) is 29.9 Å². The van der Waals surface area contributed by atoms with E-state index in [0.717, 1.165) is 28.4 Å². The van der Waals surface area contributed by atoms with Crippen LogP contribution >= 0.6 is 11.3 Å². The van der Waals surface area contributed by atoms with Crippen molar-refractivity contribution in [2.24, 2.45) is 5.73 Å². The molecular formula is C13H14N2O2S. The molecule has 2 heterocycles. The van der Waals surface area contributed by atoms with E-state index in [1.54, 1.807) is 18.4 Å². The standard InChI is InChI=1S/C13H14N2O2S/c1-16-8-2-3-9-10(14)5-12(17-11(9)4-8)13-6-15-7-18-13/h2-4,6-7,10,12H,5,14H2,1H3/t10-,12?/m0/s1. The molecule has 2 N–H and O–H groups in total. The Labute approximate surface area is 109 Å². The summed E-state index contributed by atoms with van der Waals surface area (Å²) in [6.07, 6.45) is 2.61. The van der Waals surface area contributed by atoms with Gasteiger partial charge in [-0.25, -0.2) is 0 Å². The van der Waals surface area contributed by atoms with Crippen molar-refractivity contribution in [2.45, 2.75) is 18.6 Å². The zero-order valence-electron chi connectivity index (χ0n) is 10.00. The SMILES string of the molecule is COc1ccc2c(c1)OC(c1cncs1)C[C@@H]2N. The monoisotopic (exact) mass is 262 g/mol. The van der Waals surface area contributed by atoms with E-state index in [9.17, 15) is 0 Å². The highest BCUT2D eigenvalue weighted by molar-refractivity contribution is 7.09. The molecule has 5 heteroatoms. The summed E-state index contributed by atoms with van der Waals surface area (Å²) in [7, 11) is 1.64. The van der Waals surface area contributed by atoms with Crippen LogP contribution in [0, 0.1) is 0 Å². The van der Waals surface area contributed by atoms with Gasteiger partial charge in [-0.05, 0) is 6.07 Å². The molecule has 1 aromatic carbocycles. The quantitative estimate of drug-likeness (QED) is 0.904. The fourth-order valence-corrected chi connectivity index (χ4v) is 2.83. The zero-order valence-corrected chi connectivity index (χ0v) is 10.8. The third-order valence-electron chi connectivity index (χ3n) is 3.13. The van der Waals surface area contributed by atoms with Crippen molar-refractivity contribution in [2.75, 3.05) is 7.11 Å². The molecule has 0 spiro atoms. The maximum Gasteiger partial charge on any atom is 0.136 e. The molecule has 3 rings (SSSR count). The number of hydrogen-bond acceptors (Lipinski definition) is 5. The van der Waals surface area contributed by atoms with Gasteiger partial charge in [0.2, 0.25) is 0 Å². The van der Waals surface area contributed by atoms with Crippen molar-refractivity contribution >= 4 is 11.3 Å². The van der Waals surface area contributed by atoms with E-state index < -0.39 is 0 Å². The number of benzene rings is 1. The molecule has 0 bridgehead atoms. The van der Waals surface area contributed by atoms with Gasteiger partial charge in [0, 0.05) is 30.3 Å². The van der Waals surface area contributed by atoms with Gasteiger partial charge in [0.25, 0.3) is 0 Å². The smallest absolute Gasteiger partial charge is 0.136 e. The van der Waals surface area contributed by atoms with E-state index >= 15 is 0 Å². The molecule has 18 heavy (non-hydrogen) atoms. The topological polar surface area (TPSA) is 57.4 Å². The van der Waals surface area contributed by atoms with Gasteiger partial charge < -0.3 is 15.2 Å². The van der Waals surface area contributed by atoms with Crippen LogP contribution in [0.25, 0.3) is 0 Å². The Morgan fingerprint density at radius 1 is 1.50 bits per heavy atom. The van der Waals surface area contributed by atoms with Crippen LogP contribution in [0.3, 0.4) is 0 Å². The molecule has 1 unspecified atom stereocenters. The van der Waals surface area contributed by atoms with Gasteiger partial charge in [0.15, 0.2) is 0 Å². The Hall–Kier alpha value is -1.59. The summed E-state index contributed by atoms with van der Waals surface area (Å²) >= 11 is 1.59. The van der Waals surface area contributed by atoms with Gasteiger partial charge in [-0.3, -0.25) is 4.98 Å². The molecule has 0 amide bonds. The molecule has 0 fully saturated rings. The summed E-state index contributed by atoms with van der Waals surface area (Å²) < 4.78 is 11.2. The first-order valence-corrected chi connectivity index (χ1v) is 6.64. The number of fused-ring (bicyclic) bond motifs is 1. The summed E-state index contributed by atoms with van der Waals surface area (Å²) in [4.78, 5) is 5.20. The number of rotatable bonds is 2. The molecule has 0 aliphatic carbocycles. The minimum absolute atomic E-state index is 0.00731. The maximum absolute atomic E-state index is 6.20. The normalized spacial score (nSPS) is 22.1. The van der Waals surface area contributed by atoms with Crippen molar-refractivity contribution in [1.82, 2.24) is 4.98 Å². The van der Waals surface area contributed by atoms with E-state index in [-0.39, 0.29) is 12.1 Å². The Balaban J connectivity index is 1.95. The summed E-state index contributed by atoms with van der Waals surface area (Å²) in [5.74, 6) is 1.59. The summed E-state index contributed by atoms with van der Waals surface area (Å²) in [5, 5.41) is 0. The second-order valence-electron chi connectivity index (χ2n) is 4.26. The first-order chi connectivity index (χ1) is 8.78. The molecule has 1 aliphatic rings. The molecular weight excluding hydrogens is 248 g/mol. The molecule has 0 radical (unpaired) electrons. The summed E-state index contributed by atoms with van der Waals surface area (Å²) in [5.41, 5.74) is 9.05. The molecule has 0 saturated heterocycles. The largest absolute Gasteiger partial charge is 0.497 e.